The zero-order chi connectivity index (χ0) is 24.6. The molecule has 2 aromatic carbocycles. The average Bonchev–Trinajstić information content (AvgIpc) is 3.46. The number of benzene rings is 2. The summed E-state index contributed by atoms with van der Waals surface area (Å²) in [5.41, 5.74) is 6.72. The van der Waals surface area contributed by atoms with Crippen LogP contribution in [0.1, 0.15) is 37.6 Å². The monoisotopic (exact) mass is 470 g/mol. The van der Waals surface area contributed by atoms with Gasteiger partial charge in [0.2, 0.25) is 0 Å². The predicted octanol–water partition coefficient (Wildman–Crippen LogP) is 4.88. The third-order valence-electron chi connectivity index (χ3n) is 6.71. The molecule has 7 heteroatoms. The van der Waals surface area contributed by atoms with Crippen molar-refractivity contribution in [3.05, 3.63) is 78.0 Å². The van der Waals surface area contributed by atoms with Crippen molar-refractivity contribution in [1.29, 1.82) is 0 Å². The Hall–Kier alpha value is -3.45. The van der Waals surface area contributed by atoms with E-state index < -0.39 is 0 Å². The standard InChI is InChI=1S/C28H34N6O/c1-20-13-33(19-29-20)26-11-8-23(12-27(26)35-5)25-18-34(31-30-25)17-22-15-32(16-22)14-21-6-9-24(10-7-21)28(2,3)4/h6-13,18-19,22H,14-17H2,1-5H3. The van der Waals surface area contributed by atoms with E-state index in [0.29, 0.717) is 5.92 Å². The molecule has 7 nitrogen and oxygen atoms in total. The van der Waals surface area contributed by atoms with Gasteiger partial charge in [0.15, 0.2) is 0 Å². The van der Waals surface area contributed by atoms with Gasteiger partial charge in [0.25, 0.3) is 0 Å². The second kappa shape index (κ2) is 9.30. The Morgan fingerprint density at radius 3 is 2.46 bits per heavy atom. The molecule has 0 radical (unpaired) electrons. The molecule has 35 heavy (non-hydrogen) atoms. The van der Waals surface area contributed by atoms with Gasteiger partial charge in [-0.1, -0.05) is 56.3 Å². The molecule has 0 N–H and O–H groups in total. The molecule has 4 aromatic rings. The number of methoxy groups -OCH3 is 1. The minimum Gasteiger partial charge on any atom is -0.495 e. The van der Waals surface area contributed by atoms with Crippen molar-refractivity contribution >= 4 is 0 Å². The largest absolute Gasteiger partial charge is 0.495 e. The van der Waals surface area contributed by atoms with Crippen LogP contribution >= 0.6 is 0 Å². The van der Waals surface area contributed by atoms with E-state index in [0.717, 1.165) is 54.6 Å². The maximum absolute atomic E-state index is 5.64. The first-order valence-electron chi connectivity index (χ1n) is 12.2. The van der Waals surface area contributed by atoms with Crippen molar-refractivity contribution in [3.63, 3.8) is 0 Å². The molecule has 1 saturated heterocycles. The zero-order valence-electron chi connectivity index (χ0n) is 21.3. The van der Waals surface area contributed by atoms with Crippen molar-refractivity contribution in [2.45, 2.75) is 46.2 Å². The summed E-state index contributed by atoms with van der Waals surface area (Å²) in [6, 6.07) is 15.2. The van der Waals surface area contributed by atoms with E-state index in [1.54, 1.807) is 13.4 Å². The van der Waals surface area contributed by atoms with Crippen molar-refractivity contribution in [2.75, 3.05) is 20.2 Å². The average molecular weight is 471 g/mol. The van der Waals surface area contributed by atoms with Crippen LogP contribution in [0.15, 0.2) is 61.2 Å². The number of aromatic nitrogens is 5. The number of ether oxygens (including phenoxy) is 1. The van der Waals surface area contributed by atoms with Gasteiger partial charge in [-0.2, -0.15) is 0 Å². The molecule has 0 amide bonds. The Bertz CT molecular complexity index is 1290. The fraction of sp³-hybridized carbons (Fsp3) is 0.393. The number of nitrogens with zero attached hydrogens (tertiary/aromatic N) is 6. The van der Waals surface area contributed by atoms with Gasteiger partial charge in [-0.15, -0.1) is 5.10 Å². The highest BCUT2D eigenvalue weighted by atomic mass is 16.5. The molecule has 1 aliphatic rings. The molecular weight excluding hydrogens is 436 g/mol. The van der Waals surface area contributed by atoms with Crippen LogP contribution in [0.2, 0.25) is 0 Å². The van der Waals surface area contributed by atoms with E-state index in [1.807, 2.05) is 40.7 Å². The SMILES string of the molecule is COc1cc(-c2cn(CC3CN(Cc4ccc(C(C)(C)C)cc4)C3)nn2)ccc1-n1cnc(C)c1. The van der Waals surface area contributed by atoms with Crippen LogP contribution in [-0.2, 0) is 18.5 Å². The number of hydrogen-bond acceptors (Lipinski definition) is 5. The number of hydrogen-bond donors (Lipinski definition) is 0. The van der Waals surface area contributed by atoms with Crippen LogP contribution < -0.4 is 4.74 Å². The van der Waals surface area contributed by atoms with Crippen LogP contribution in [0, 0.1) is 12.8 Å². The second-order valence-electron chi connectivity index (χ2n) is 10.6. The summed E-state index contributed by atoms with van der Waals surface area (Å²) in [5, 5.41) is 8.81. The van der Waals surface area contributed by atoms with E-state index >= 15 is 0 Å². The van der Waals surface area contributed by atoms with Gasteiger partial charge in [-0.3, -0.25) is 9.58 Å². The lowest BCUT2D eigenvalue weighted by Gasteiger charge is -2.39. The lowest BCUT2D eigenvalue weighted by Crippen LogP contribution is -2.47. The Kier molecular flexibility index (Phi) is 6.19. The fourth-order valence-electron chi connectivity index (χ4n) is 4.68. The van der Waals surface area contributed by atoms with Crippen LogP contribution in [0.4, 0.5) is 0 Å². The summed E-state index contributed by atoms with van der Waals surface area (Å²) in [4.78, 5) is 6.81. The van der Waals surface area contributed by atoms with Gasteiger partial charge in [0.1, 0.15) is 11.4 Å². The van der Waals surface area contributed by atoms with Crippen molar-refractivity contribution < 1.29 is 4.74 Å². The molecule has 1 aliphatic heterocycles. The van der Waals surface area contributed by atoms with Crippen LogP contribution in [-0.4, -0.2) is 49.6 Å². The summed E-state index contributed by atoms with van der Waals surface area (Å²) < 4.78 is 9.58. The molecule has 0 spiro atoms. The van der Waals surface area contributed by atoms with E-state index in [-0.39, 0.29) is 5.41 Å². The summed E-state index contributed by atoms with van der Waals surface area (Å²) in [7, 11) is 1.69. The summed E-state index contributed by atoms with van der Waals surface area (Å²) in [6.07, 6.45) is 5.81. The lowest BCUT2D eigenvalue weighted by molar-refractivity contribution is 0.0773. The normalized spacial score (nSPS) is 14.8. The Morgan fingerprint density at radius 1 is 1.03 bits per heavy atom. The fourth-order valence-corrected chi connectivity index (χ4v) is 4.68. The quantitative estimate of drug-likeness (QED) is 0.385. The Morgan fingerprint density at radius 2 is 1.80 bits per heavy atom. The number of likely N-dealkylation sites (tertiary alicyclic amines) is 1. The minimum absolute atomic E-state index is 0.198. The Balaban J connectivity index is 1.17. The van der Waals surface area contributed by atoms with E-state index in [1.165, 1.54) is 11.1 Å². The van der Waals surface area contributed by atoms with E-state index in [2.05, 4.69) is 71.3 Å². The van der Waals surface area contributed by atoms with Gasteiger partial charge in [0.05, 0.1) is 31.0 Å². The van der Waals surface area contributed by atoms with E-state index in [9.17, 15) is 0 Å². The molecule has 0 saturated carbocycles. The summed E-state index contributed by atoms with van der Waals surface area (Å²) in [6.45, 7) is 12.8. The van der Waals surface area contributed by atoms with Crippen LogP contribution in [0.5, 0.6) is 5.75 Å². The highest BCUT2D eigenvalue weighted by Gasteiger charge is 2.27. The molecule has 0 aliphatic carbocycles. The van der Waals surface area contributed by atoms with Crippen molar-refractivity contribution in [3.8, 4) is 22.7 Å². The molecule has 3 heterocycles. The minimum atomic E-state index is 0.198. The number of aryl methyl sites for hydroxylation is 1. The Labute approximate surface area is 207 Å². The highest BCUT2D eigenvalue weighted by molar-refractivity contribution is 5.64. The number of rotatable bonds is 7. The molecule has 5 rings (SSSR count). The predicted molar refractivity (Wildman–Crippen MR) is 138 cm³/mol. The maximum Gasteiger partial charge on any atom is 0.143 e. The topological polar surface area (TPSA) is 61.0 Å². The molecule has 1 fully saturated rings. The summed E-state index contributed by atoms with van der Waals surface area (Å²) >= 11 is 0. The maximum atomic E-state index is 5.64. The molecule has 2 aromatic heterocycles. The molecule has 0 bridgehead atoms. The van der Waals surface area contributed by atoms with Crippen LogP contribution in [0.3, 0.4) is 0 Å². The van der Waals surface area contributed by atoms with Gasteiger partial charge in [-0.05, 0) is 35.6 Å². The highest BCUT2D eigenvalue weighted by Crippen LogP contribution is 2.29. The molecule has 0 atom stereocenters. The van der Waals surface area contributed by atoms with Gasteiger partial charge in [-0.25, -0.2) is 4.98 Å². The smallest absolute Gasteiger partial charge is 0.143 e. The molecule has 0 unspecified atom stereocenters. The zero-order valence-corrected chi connectivity index (χ0v) is 21.3. The van der Waals surface area contributed by atoms with Crippen molar-refractivity contribution in [2.24, 2.45) is 5.92 Å². The third kappa shape index (κ3) is 5.15. The van der Waals surface area contributed by atoms with Crippen LogP contribution in [0.25, 0.3) is 16.9 Å². The van der Waals surface area contributed by atoms with Gasteiger partial charge < -0.3 is 9.30 Å². The molecule has 182 valence electrons. The van der Waals surface area contributed by atoms with Gasteiger partial charge >= 0.3 is 0 Å². The second-order valence-corrected chi connectivity index (χ2v) is 10.6. The van der Waals surface area contributed by atoms with E-state index in [4.69, 9.17) is 4.74 Å². The summed E-state index contributed by atoms with van der Waals surface area (Å²) in [5.74, 6) is 1.37. The third-order valence-corrected chi connectivity index (χ3v) is 6.71. The van der Waals surface area contributed by atoms with Gasteiger partial charge in [0, 0.05) is 43.9 Å². The molecular formula is C28H34N6O. The van der Waals surface area contributed by atoms with Crippen molar-refractivity contribution in [1.82, 2.24) is 29.4 Å². The lowest BCUT2D eigenvalue weighted by atomic mass is 9.86. The first-order valence-corrected chi connectivity index (χ1v) is 12.2. The first-order chi connectivity index (χ1) is 16.8. The first kappa shape index (κ1) is 23.3. The number of imidazole rings is 1.